The third-order valence-electron chi connectivity index (χ3n) is 8.87. The Bertz CT molecular complexity index is 925. The Hall–Kier alpha value is -0.620. The first-order valence-electron chi connectivity index (χ1n) is 13.6. The van der Waals surface area contributed by atoms with Crippen molar-refractivity contribution in [1.29, 1.82) is 0 Å². The molecule has 35 heavy (non-hydrogen) atoms. The lowest BCUT2D eigenvalue weighted by Gasteiger charge is -2.36. The van der Waals surface area contributed by atoms with Crippen LogP contribution in [0.4, 0.5) is 0 Å². The van der Waals surface area contributed by atoms with Crippen molar-refractivity contribution in [3.63, 3.8) is 0 Å². The van der Waals surface area contributed by atoms with Crippen molar-refractivity contribution in [3.05, 3.63) is 56.2 Å². The molecule has 2 unspecified atom stereocenters. The van der Waals surface area contributed by atoms with Crippen LogP contribution < -0.4 is 0 Å². The molecule has 3 atom stereocenters. The molecular formula is C29H40Cl2N2OS. The number of rotatable bonds is 8. The second-order valence-corrected chi connectivity index (χ2v) is 12.9. The van der Waals surface area contributed by atoms with Crippen molar-refractivity contribution < 1.29 is 5.11 Å². The standard InChI is InChI=1S/C29H40Cl2N2OS/c30-26-7-6-23(28(31)15-26)16-33-18-25(27(19-33)24-10-13-35-20-24)17-32-11-8-21(9-12-32)14-29(34)22-4-2-1-3-5-22/h6-7,10,13,15,20-22,25,27,29,34H,1-5,8-9,11-12,14,16-19H2/t25?,27?,29-/m0/s1. The van der Waals surface area contributed by atoms with Crippen molar-refractivity contribution in [2.75, 3.05) is 32.7 Å². The highest BCUT2D eigenvalue weighted by molar-refractivity contribution is 7.08. The van der Waals surface area contributed by atoms with Crippen LogP contribution in [0, 0.1) is 17.8 Å². The molecule has 3 nitrogen and oxygen atoms in total. The van der Waals surface area contributed by atoms with Gasteiger partial charge in [0, 0.05) is 42.1 Å². The number of aliphatic hydroxyl groups excluding tert-OH is 1. The van der Waals surface area contributed by atoms with E-state index < -0.39 is 0 Å². The molecule has 1 aliphatic carbocycles. The van der Waals surface area contributed by atoms with Crippen LogP contribution in [0.1, 0.15) is 68.4 Å². The molecule has 192 valence electrons. The van der Waals surface area contributed by atoms with E-state index in [1.54, 1.807) is 0 Å². The summed E-state index contributed by atoms with van der Waals surface area (Å²) in [7, 11) is 0. The number of hydrogen-bond acceptors (Lipinski definition) is 4. The van der Waals surface area contributed by atoms with Gasteiger partial charge in [0.2, 0.25) is 0 Å². The Labute approximate surface area is 225 Å². The second-order valence-electron chi connectivity index (χ2n) is 11.3. The predicted molar refractivity (Wildman–Crippen MR) is 149 cm³/mol. The molecule has 0 bridgehead atoms. The monoisotopic (exact) mass is 534 g/mol. The topological polar surface area (TPSA) is 26.7 Å². The first-order valence-corrected chi connectivity index (χ1v) is 15.3. The molecule has 5 rings (SSSR count). The smallest absolute Gasteiger partial charge is 0.0571 e. The molecule has 6 heteroatoms. The Morgan fingerprint density at radius 2 is 1.77 bits per heavy atom. The molecule has 2 aliphatic heterocycles. The summed E-state index contributed by atoms with van der Waals surface area (Å²) in [6.07, 6.45) is 9.90. The lowest BCUT2D eigenvalue weighted by Crippen LogP contribution is -2.39. The average molecular weight is 536 g/mol. The fraction of sp³-hybridized carbons (Fsp3) is 0.655. The molecule has 1 N–H and O–H groups in total. The van der Waals surface area contributed by atoms with Gasteiger partial charge in [-0.25, -0.2) is 0 Å². The van der Waals surface area contributed by atoms with Crippen molar-refractivity contribution in [1.82, 2.24) is 9.80 Å². The molecule has 3 aliphatic rings. The molecular weight excluding hydrogens is 495 g/mol. The minimum absolute atomic E-state index is 0.0714. The largest absolute Gasteiger partial charge is 0.393 e. The number of aliphatic hydroxyl groups is 1. The van der Waals surface area contributed by atoms with Crippen LogP contribution >= 0.6 is 34.5 Å². The quantitative estimate of drug-likeness (QED) is 0.384. The van der Waals surface area contributed by atoms with E-state index >= 15 is 0 Å². The van der Waals surface area contributed by atoms with Gasteiger partial charge >= 0.3 is 0 Å². The average Bonchev–Trinajstić information content (AvgIpc) is 3.53. The van der Waals surface area contributed by atoms with Gasteiger partial charge in [-0.1, -0.05) is 48.5 Å². The van der Waals surface area contributed by atoms with Gasteiger partial charge in [0.05, 0.1) is 6.10 Å². The van der Waals surface area contributed by atoms with E-state index in [9.17, 15) is 5.11 Å². The molecule has 2 saturated heterocycles. The highest BCUT2D eigenvalue weighted by atomic mass is 35.5. The maximum atomic E-state index is 10.8. The van der Waals surface area contributed by atoms with E-state index in [0.717, 1.165) is 36.6 Å². The Balaban J connectivity index is 1.15. The summed E-state index contributed by atoms with van der Waals surface area (Å²) in [4.78, 5) is 5.28. The van der Waals surface area contributed by atoms with Gasteiger partial charge in [0.15, 0.2) is 0 Å². The number of thiophene rings is 1. The summed E-state index contributed by atoms with van der Waals surface area (Å²) in [5, 5.41) is 16.8. The molecule has 1 aromatic carbocycles. The molecule has 1 aromatic heterocycles. The van der Waals surface area contributed by atoms with Gasteiger partial charge < -0.3 is 10.0 Å². The Morgan fingerprint density at radius 1 is 0.971 bits per heavy atom. The summed E-state index contributed by atoms with van der Waals surface area (Å²) in [5.41, 5.74) is 2.66. The van der Waals surface area contributed by atoms with Gasteiger partial charge in [-0.15, -0.1) is 0 Å². The van der Waals surface area contributed by atoms with Crippen molar-refractivity contribution in [2.24, 2.45) is 17.8 Å². The zero-order chi connectivity index (χ0) is 24.2. The summed E-state index contributed by atoms with van der Waals surface area (Å²) in [5.74, 6) is 2.48. The van der Waals surface area contributed by atoms with Crippen LogP contribution in [0.25, 0.3) is 0 Å². The fourth-order valence-corrected chi connectivity index (χ4v) is 8.01. The lowest BCUT2D eigenvalue weighted by atomic mass is 9.80. The van der Waals surface area contributed by atoms with Crippen molar-refractivity contribution in [2.45, 2.75) is 69.9 Å². The Kier molecular flexibility index (Phi) is 9.13. The number of benzene rings is 1. The highest BCUT2D eigenvalue weighted by Crippen LogP contribution is 2.37. The summed E-state index contributed by atoms with van der Waals surface area (Å²) >= 11 is 14.4. The SMILES string of the molecule is O[C@@H](CC1CCN(CC2CN(Cc3ccc(Cl)cc3Cl)CC2c2ccsc2)CC1)C1CCCCC1. The number of likely N-dealkylation sites (tertiary alicyclic amines) is 2. The maximum Gasteiger partial charge on any atom is 0.0571 e. The lowest BCUT2D eigenvalue weighted by molar-refractivity contribution is 0.0467. The Morgan fingerprint density at radius 3 is 2.49 bits per heavy atom. The fourth-order valence-electron chi connectivity index (χ4n) is 6.82. The van der Waals surface area contributed by atoms with Crippen LogP contribution in [0.15, 0.2) is 35.0 Å². The van der Waals surface area contributed by atoms with E-state index in [2.05, 4.69) is 32.7 Å². The highest BCUT2D eigenvalue weighted by Gasteiger charge is 2.36. The van der Waals surface area contributed by atoms with Crippen molar-refractivity contribution in [3.8, 4) is 0 Å². The molecule has 0 radical (unpaired) electrons. The zero-order valence-electron chi connectivity index (χ0n) is 20.8. The molecule has 0 spiro atoms. The molecule has 1 saturated carbocycles. The van der Waals surface area contributed by atoms with Gasteiger partial charge in [-0.2, -0.15) is 11.3 Å². The van der Waals surface area contributed by atoms with Gasteiger partial charge in [0.1, 0.15) is 0 Å². The summed E-state index contributed by atoms with van der Waals surface area (Å²) < 4.78 is 0. The minimum Gasteiger partial charge on any atom is -0.393 e. The molecule has 0 amide bonds. The van der Waals surface area contributed by atoms with Gasteiger partial charge in [-0.05, 0) is 103 Å². The molecule has 3 heterocycles. The normalized spacial score (nSPS) is 26.4. The van der Waals surface area contributed by atoms with Crippen LogP contribution in [0.3, 0.4) is 0 Å². The third kappa shape index (κ3) is 6.83. The van der Waals surface area contributed by atoms with Crippen LogP contribution in [0.5, 0.6) is 0 Å². The molecule has 2 aromatic rings. The first-order chi connectivity index (χ1) is 17.0. The van der Waals surface area contributed by atoms with Gasteiger partial charge in [0.25, 0.3) is 0 Å². The van der Waals surface area contributed by atoms with E-state index in [-0.39, 0.29) is 6.10 Å². The van der Waals surface area contributed by atoms with Crippen molar-refractivity contribution >= 4 is 34.5 Å². The van der Waals surface area contributed by atoms with Gasteiger partial charge in [-0.3, -0.25) is 4.90 Å². The van der Waals surface area contributed by atoms with E-state index in [0.29, 0.717) is 28.7 Å². The number of piperidine rings is 1. The second kappa shape index (κ2) is 12.3. The summed E-state index contributed by atoms with van der Waals surface area (Å²) in [6, 6.07) is 8.20. The minimum atomic E-state index is -0.0714. The zero-order valence-corrected chi connectivity index (χ0v) is 23.1. The summed E-state index contributed by atoms with van der Waals surface area (Å²) in [6.45, 7) is 6.61. The predicted octanol–water partition coefficient (Wildman–Crippen LogP) is 7.31. The first kappa shape index (κ1) is 26.0. The van der Waals surface area contributed by atoms with Crippen LogP contribution in [0.2, 0.25) is 10.0 Å². The van der Waals surface area contributed by atoms with E-state index in [4.69, 9.17) is 23.2 Å². The number of halogens is 2. The third-order valence-corrected chi connectivity index (χ3v) is 10.2. The number of nitrogens with zero attached hydrogens (tertiary/aromatic N) is 2. The molecule has 3 fully saturated rings. The van der Waals surface area contributed by atoms with E-state index in [1.807, 2.05) is 23.5 Å². The number of hydrogen-bond donors (Lipinski definition) is 1. The van der Waals surface area contributed by atoms with Crippen LogP contribution in [-0.2, 0) is 6.54 Å². The van der Waals surface area contributed by atoms with Crippen LogP contribution in [-0.4, -0.2) is 53.7 Å². The maximum absolute atomic E-state index is 10.8. The van der Waals surface area contributed by atoms with E-state index in [1.165, 1.54) is 70.1 Å².